The zero-order valence-electron chi connectivity index (χ0n) is 17.9. The predicted octanol–water partition coefficient (Wildman–Crippen LogP) is 3.55. The fraction of sp³-hybridized carbons (Fsp3) is 0.375. The van der Waals surface area contributed by atoms with Crippen LogP contribution in [0, 0.1) is 0 Å². The lowest BCUT2D eigenvalue weighted by Gasteiger charge is -2.22. The van der Waals surface area contributed by atoms with Gasteiger partial charge in [-0.1, -0.05) is 25.3 Å². The Hall–Kier alpha value is -3.35. The van der Waals surface area contributed by atoms with Gasteiger partial charge in [0.1, 0.15) is 0 Å². The van der Waals surface area contributed by atoms with E-state index >= 15 is 0 Å². The van der Waals surface area contributed by atoms with Crippen LogP contribution in [0.2, 0.25) is 0 Å². The van der Waals surface area contributed by atoms with Crippen molar-refractivity contribution in [3.05, 3.63) is 59.7 Å². The lowest BCUT2D eigenvalue weighted by Crippen LogP contribution is -2.36. The highest BCUT2D eigenvalue weighted by atomic mass is 16.2. The van der Waals surface area contributed by atoms with Crippen molar-refractivity contribution in [2.24, 2.45) is 0 Å². The van der Waals surface area contributed by atoms with Gasteiger partial charge in [-0.3, -0.25) is 14.4 Å². The highest BCUT2D eigenvalue weighted by molar-refractivity contribution is 5.97. The summed E-state index contributed by atoms with van der Waals surface area (Å²) in [5.74, 6) is -0.440. The second-order valence-electron chi connectivity index (χ2n) is 7.73. The van der Waals surface area contributed by atoms with Gasteiger partial charge in [-0.05, 0) is 62.2 Å². The zero-order valence-corrected chi connectivity index (χ0v) is 17.9. The average molecular weight is 423 g/mol. The van der Waals surface area contributed by atoms with Crippen LogP contribution in [0.15, 0.2) is 48.5 Å². The number of carbonyl (C=O) groups excluding carboxylic acids is 3. The van der Waals surface area contributed by atoms with Gasteiger partial charge in [-0.15, -0.1) is 0 Å². The molecule has 1 aliphatic carbocycles. The normalized spacial score (nSPS) is 13.8. The number of hydrogen-bond acceptors (Lipinski definition) is 4. The molecule has 3 rings (SSSR count). The van der Waals surface area contributed by atoms with Gasteiger partial charge in [-0.25, -0.2) is 0 Å². The summed E-state index contributed by atoms with van der Waals surface area (Å²) >= 11 is 0. The van der Waals surface area contributed by atoms with Crippen molar-refractivity contribution < 1.29 is 14.4 Å². The minimum absolute atomic E-state index is 0.0613. The van der Waals surface area contributed by atoms with Crippen LogP contribution < -0.4 is 21.3 Å². The summed E-state index contributed by atoms with van der Waals surface area (Å²) in [6, 6.07) is 14.1. The topological polar surface area (TPSA) is 99.3 Å². The maximum absolute atomic E-state index is 12.5. The number of carbonyl (C=O) groups is 3. The molecule has 0 aliphatic heterocycles. The number of benzene rings is 2. The molecule has 4 N–H and O–H groups in total. The molecule has 7 heteroatoms. The molecule has 1 fully saturated rings. The summed E-state index contributed by atoms with van der Waals surface area (Å²) < 4.78 is 0. The molecule has 0 unspecified atom stereocenters. The van der Waals surface area contributed by atoms with Crippen LogP contribution in [0.3, 0.4) is 0 Å². The predicted molar refractivity (Wildman–Crippen MR) is 122 cm³/mol. The van der Waals surface area contributed by atoms with E-state index < -0.39 is 0 Å². The first-order valence-electron chi connectivity index (χ1n) is 10.9. The first kappa shape index (κ1) is 22.3. The van der Waals surface area contributed by atoms with Crippen LogP contribution in [0.25, 0.3) is 0 Å². The van der Waals surface area contributed by atoms with Crippen LogP contribution in [-0.4, -0.2) is 36.9 Å². The minimum atomic E-state index is -0.220. The van der Waals surface area contributed by atoms with E-state index in [-0.39, 0.29) is 30.3 Å². The molecule has 7 nitrogen and oxygen atoms in total. The molecular formula is C24H30N4O3. The third-order valence-corrected chi connectivity index (χ3v) is 5.29. The maximum atomic E-state index is 12.5. The Morgan fingerprint density at radius 3 is 2.32 bits per heavy atom. The van der Waals surface area contributed by atoms with Crippen LogP contribution in [-0.2, 0) is 4.79 Å². The van der Waals surface area contributed by atoms with E-state index in [0.717, 1.165) is 25.7 Å². The lowest BCUT2D eigenvalue weighted by atomic mass is 9.95. The minimum Gasteiger partial charge on any atom is -0.376 e. The van der Waals surface area contributed by atoms with E-state index in [9.17, 15) is 14.4 Å². The number of nitrogens with one attached hydrogen (secondary N) is 4. The molecule has 0 aromatic heterocycles. The van der Waals surface area contributed by atoms with Crippen molar-refractivity contribution in [1.82, 2.24) is 10.6 Å². The smallest absolute Gasteiger partial charge is 0.251 e. The maximum Gasteiger partial charge on any atom is 0.251 e. The van der Waals surface area contributed by atoms with Gasteiger partial charge in [-0.2, -0.15) is 0 Å². The Labute approximate surface area is 183 Å². The largest absolute Gasteiger partial charge is 0.376 e. The van der Waals surface area contributed by atoms with Crippen LogP contribution >= 0.6 is 0 Å². The number of hydrogen-bond donors (Lipinski definition) is 4. The number of rotatable bonds is 8. The average Bonchev–Trinajstić information content (AvgIpc) is 2.79. The summed E-state index contributed by atoms with van der Waals surface area (Å²) in [6.07, 6.45) is 5.64. The Morgan fingerprint density at radius 1 is 0.871 bits per heavy atom. The molecular weight excluding hydrogens is 392 g/mol. The van der Waals surface area contributed by atoms with E-state index in [1.807, 2.05) is 13.0 Å². The molecule has 0 heterocycles. The highest BCUT2D eigenvalue weighted by Gasteiger charge is 2.16. The van der Waals surface area contributed by atoms with Crippen LogP contribution in [0.4, 0.5) is 11.4 Å². The standard InChI is InChI=1S/C24H30N4O3/c1-2-25-23(30)17-11-13-20(14-12-17)27-22(29)16-26-21-10-6-7-18(15-21)24(31)28-19-8-4-3-5-9-19/h6-7,10-15,19,26H,2-5,8-9,16H2,1H3,(H,25,30)(H,27,29)(H,28,31). The Morgan fingerprint density at radius 2 is 1.61 bits per heavy atom. The second kappa shape index (κ2) is 11.2. The Bertz CT molecular complexity index is 905. The number of amides is 3. The van der Waals surface area contributed by atoms with Gasteiger partial charge in [0.25, 0.3) is 11.8 Å². The molecule has 0 spiro atoms. The molecule has 0 saturated heterocycles. The molecule has 31 heavy (non-hydrogen) atoms. The van der Waals surface area contributed by atoms with E-state index in [1.54, 1.807) is 42.5 Å². The van der Waals surface area contributed by atoms with Gasteiger partial charge >= 0.3 is 0 Å². The molecule has 2 aromatic rings. The van der Waals surface area contributed by atoms with Gasteiger partial charge in [0.15, 0.2) is 0 Å². The van der Waals surface area contributed by atoms with E-state index in [0.29, 0.717) is 29.0 Å². The quantitative estimate of drug-likeness (QED) is 0.523. The van der Waals surface area contributed by atoms with Crippen LogP contribution in [0.5, 0.6) is 0 Å². The van der Waals surface area contributed by atoms with Gasteiger partial charge in [0.05, 0.1) is 6.54 Å². The molecule has 0 atom stereocenters. The van der Waals surface area contributed by atoms with Gasteiger partial charge in [0.2, 0.25) is 5.91 Å². The summed E-state index contributed by atoms with van der Waals surface area (Å²) in [5.41, 5.74) is 2.44. The lowest BCUT2D eigenvalue weighted by molar-refractivity contribution is -0.114. The second-order valence-corrected chi connectivity index (χ2v) is 7.73. The molecule has 164 valence electrons. The molecule has 2 aromatic carbocycles. The van der Waals surface area contributed by atoms with E-state index in [1.165, 1.54) is 6.42 Å². The summed E-state index contributed by atoms with van der Waals surface area (Å²) in [6.45, 7) is 2.48. The third kappa shape index (κ3) is 6.84. The molecule has 0 bridgehead atoms. The summed E-state index contributed by atoms with van der Waals surface area (Å²) in [4.78, 5) is 36.6. The number of anilines is 2. The van der Waals surface area contributed by atoms with Gasteiger partial charge < -0.3 is 21.3 Å². The first-order chi connectivity index (χ1) is 15.0. The highest BCUT2D eigenvalue weighted by Crippen LogP contribution is 2.18. The molecule has 3 amide bonds. The van der Waals surface area contributed by atoms with Crippen molar-refractivity contribution >= 4 is 29.1 Å². The van der Waals surface area contributed by atoms with E-state index in [2.05, 4.69) is 21.3 Å². The van der Waals surface area contributed by atoms with E-state index in [4.69, 9.17) is 0 Å². The molecule has 1 saturated carbocycles. The summed E-state index contributed by atoms with van der Waals surface area (Å²) in [5, 5.41) is 11.7. The first-order valence-corrected chi connectivity index (χ1v) is 10.9. The summed E-state index contributed by atoms with van der Waals surface area (Å²) in [7, 11) is 0. The van der Waals surface area contributed by atoms with Crippen molar-refractivity contribution in [2.75, 3.05) is 23.7 Å². The van der Waals surface area contributed by atoms with Crippen molar-refractivity contribution in [3.8, 4) is 0 Å². The van der Waals surface area contributed by atoms with Crippen molar-refractivity contribution in [3.63, 3.8) is 0 Å². The molecule has 0 radical (unpaired) electrons. The van der Waals surface area contributed by atoms with Gasteiger partial charge in [0, 0.05) is 35.1 Å². The SMILES string of the molecule is CCNC(=O)c1ccc(NC(=O)CNc2cccc(C(=O)NC3CCCCC3)c2)cc1. The fourth-order valence-electron chi connectivity index (χ4n) is 3.64. The Balaban J connectivity index is 1.49. The van der Waals surface area contributed by atoms with Crippen molar-refractivity contribution in [2.45, 2.75) is 45.1 Å². The van der Waals surface area contributed by atoms with Crippen LogP contribution in [0.1, 0.15) is 59.7 Å². The monoisotopic (exact) mass is 422 g/mol. The van der Waals surface area contributed by atoms with Crippen molar-refractivity contribution in [1.29, 1.82) is 0 Å². The zero-order chi connectivity index (χ0) is 22.1. The third-order valence-electron chi connectivity index (χ3n) is 5.29. The molecule has 1 aliphatic rings. The Kier molecular flexibility index (Phi) is 8.04. The fourth-order valence-corrected chi connectivity index (χ4v) is 3.64.